The monoisotopic (exact) mass is 367 g/mol. The normalized spacial score (nSPS) is 16.6. The Hall–Kier alpha value is -1.53. The molecule has 21 heavy (non-hydrogen) atoms. The van der Waals surface area contributed by atoms with Gasteiger partial charge < -0.3 is 14.4 Å². The van der Waals surface area contributed by atoms with E-state index in [2.05, 4.69) is 15.9 Å². The van der Waals surface area contributed by atoms with Crippen molar-refractivity contribution >= 4 is 33.2 Å². The second kappa shape index (κ2) is 6.07. The summed E-state index contributed by atoms with van der Waals surface area (Å²) >= 11 is 5.04. The van der Waals surface area contributed by atoms with E-state index in [0.29, 0.717) is 18.0 Å². The third-order valence-electron chi connectivity index (χ3n) is 3.18. The summed E-state index contributed by atoms with van der Waals surface area (Å²) < 4.78 is 12.4. The maximum atomic E-state index is 12.4. The molecule has 0 fully saturated rings. The van der Waals surface area contributed by atoms with Crippen molar-refractivity contribution in [2.24, 2.45) is 0 Å². The lowest BCUT2D eigenvalue weighted by Gasteiger charge is -2.28. The van der Waals surface area contributed by atoms with Crippen LogP contribution in [0, 0.1) is 0 Å². The fourth-order valence-electron chi connectivity index (χ4n) is 2.14. The van der Waals surface area contributed by atoms with E-state index in [0.717, 1.165) is 8.66 Å². The second-order valence-corrected chi connectivity index (χ2v) is 7.31. The van der Waals surface area contributed by atoms with Crippen LogP contribution in [0.4, 0.5) is 0 Å². The number of amides is 1. The fourth-order valence-corrected chi connectivity index (χ4v) is 3.67. The van der Waals surface area contributed by atoms with Gasteiger partial charge in [-0.25, -0.2) is 0 Å². The number of likely N-dealkylation sites (N-methyl/N-ethyl adjacent to an activating group) is 1. The molecule has 1 atom stereocenters. The average molecular weight is 368 g/mol. The Kier molecular flexibility index (Phi) is 4.17. The first-order valence-corrected chi connectivity index (χ1v) is 8.12. The van der Waals surface area contributed by atoms with Crippen LogP contribution < -0.4 is 9.47 Å². The van der Waals surface area contributed by atoms with Gasteiger partial charge in [0, 0.05) is 11.9 Å². The molecule has 0 radical (unpaired) electrons. The molecule has 3 rings (SSSR count). The molecule has 1 aliphatic rings. The van der Waals surface area contributed by atoms with Crippen LogP contribution in [-0.4, -0.2) is 30.6 Å². The van der Waals surface area contributed by atoms with Gasteiger partial charge in [-0.2, -0.15) is 0 Å². The first kappa shape index (κ1) is 14.4. The SMILES string of the molecule is CN(Cc1ccc(Br)s1)C(=O)C1COc2ccccc2O1. The lowest BCUT2D eigenvalue weighted by Crippen LogP contribution is -2.44. The molecule has 0 saturated carbocycles. The Morgan fingerprint density at radius 1 is 1.33 bits per heavy atom. The Morgan fingerprint density at radius 3 is 2.81 bits per heavy atom. The minimum Gasteiger partial charge on any atom is -0.485 e. The maximum Gasteiger partial charge on any atom is 0.267 e. The van der Waals surface area contributed by atoms with Crippen molar-refractivity contribution in [2.75, 3.05) is 13.7 Å². The maximum absolute atomic E-state index is 12.4. The van der Waals surface area contributed by atoms with E-state index in [9.17, 15) is 4.79 Å². The van der Waals surface area contributed by atoms with Gasteiger partial charge in [0.1, 0.15) is 6.61 Å². The predicted molar refractivity (Wildman–Crippen MR) is 84.8 cm³/mol. The van der Waals surface area contributed by atoms with E-state index < -0.39 is 6.10 Å². The zero-order chi connectivity index (χ0) is 14.8. The van der Waals surface area contributed by atoms with Crippen molar-refractivity contribution in [1.82, 2.24) is 4.90 Å². The van der Waals surface area contributed by atoms with Crippen LogP contribution in [0.5, 0.6) is 11.5 Å². The Labute approximate surface area is 135 Å². The van der Waals surface area contributed by atoms with Crippen molar-refractivity contribution in [3.8, 4) is 11.5 Å². The van der Waals surface area contributed by atoms with Gasteiger partial charge in [0.05, 0.1) is 10.3 Å². The summed E-state index contributed by atoms with van der Waals surface area (Å²) in [5, 5.41) is 0. The standard InChI is InChI=1S/C15H14BrNO3S/c1-17(8-10-6-7-14(16)21-10)15(18)13-9-19-11-4-2-3-5-12(11)20-13/h2-7,13H,8-9H2,1H3. The largest absolute Gasteiger partial charge is 0.485 e. The van der Waals surface area contributed by atoms with Crippen LogP contribution in [0.1, 0.15) is 4.88 Å². The number of benzene rings is 1. The third-order valence-corrected chi connectivity index (χ3v) is 4.79. The van der Waals surface area contributed by atoms with Crippen LogP contribution >= 0.6 is 27.3 Å². The van der Waals surface area contributed by atoms with Gasteiger partial charge >= 0.3 is 0 Å². The van der Waals surface area contributed by atoms with E-state index in [1.54, 1.807) is 23.3 Å². The van der Waals surface area contributed by atoms with Crippen LogP contribution in [0.15, 0.2) is 40.2 Å². The van der Waals surface area contributed by atoms with E-state index >= 15 is 0 Å². The number of halogens is 1. The van der Waals surface area contributed by atoms with Gasteiger partial charge in [-0.05, 0) is 40.2 Å². The Balaban J connectivity index is 1.66. The van der Waals surface area contributed by atoms with Crippen LogP contribution in [-0.2, 0) is 11.3 Å². The van der Waals surface area contributed by atoms with Gasteiger partial charge in [0.25, 0.3) is 5.91 Å². The molecule has 1 aromatic heterocycles. The zero-order valence-corrected chi connectivity index (χ0v) is 13.8. The first-order valence-electron chi connectivity index (χ1n) is 6.51. The molecule has 0 saturated heterocycles. The number of nitrogens with zero attached hydrogens (tertiary/aromatic N) is 1. The number of ether oxygens (including phenoxy) is 2. The molecule has 110 valence electrons. The van der Waals surface area contributed by atoms with Crippen LogP contribution in [0.2, 0.25) is 0 Å². The number of hydrogen-bond acceptors (Lipinski definition) is 4. The third kappa shape index (κ3) is 3.22. The molecular weight excluding hydrogens is 354 g/mol. The van der Waals surface area contributed by atoms with Gasteiger partial charge in [0.15, 0.2) is 11.5 Å². The summed E-state index contributed by atoms with van der Waals surface area (Å²) in [6.07, 6.45) is -0.590. The smallest absolute Gasteiger partial charge is 0.267 e. The zero-order valence-electron chi connectivity index (χ0n) is 11.4. The first-order chi connectivity index (χ1) is 10.1. The van der Waals surface area contributed by atoms with Crippen LogP contribution in [0.25, 0.3) is 0 Å². The molecule has 1 amide bonds. The summed E-state index contributed by atoms with van der Waals surface area (Å²) in [6, 6.07) is 11.4. The minimum absolute atomic E-state index is 0.0750. The molecule has 2 heterocycles. The lowest BCUT2D eigenvalue weighted by molar-refractivity contribution is -0.140. The minimum atomic E-state index is -0.590. The number of carbonyl (C=O) groups excluding carboxylic acids is 1. The van der Waals surface area contributed by atoms with E-state index in [-0.39, 0.29) is 12.5 Å². The lowest BCUT2D eigenvalue weighted by atomic mass is 10.2. The van der Waals surface area contributed by atoms with Gasteiger partial charge in [-0.15, -0.1) is 11.3 Å². The van der Waals surface area contributed by atoms with E-state index in [1.165, 1.54) is 0 Å². The number of fused-ring (bicyclic) bond motifs is 1. The molecule has 2 aromatic rings. The van der Waals surface area contributed by atoms with Crippen molar-refractivity contribution in [3.63, 3.8) is 0 Å². The molecule has 0 aliphatic carbocycles. The average Bonchev–Trinajstić information content (AvgIpc) is 2.91. The summed E-state index contributed by atoms with van der Waals surface area (Å²) in [6.45, 7) is 0.810. The second-order valence-electron chi connectivity index (χ2n) is 4.76. The topological polar surface area (TPSA) is 38.8 Å². The van der Waals surface area contributed by atoms with Crippen molar-refractivity contribution in [2.45, 2.75) is 12.6 Å². The molecule has 1 aliphatic heterocycles. The van der Waals surface area contributed by atoms with Crippen molar-refractivity contribution in [3.05, 3.63) is 45.1 Å². The van der Waals surface area contributed by atoms with E-state index in [1.807, 2.05) is 36.4 Å². The number of carbonyl (C=O) groups is 1. The van der Waals surface area contributed by atoms with Gasteiger partial charge in [-0.1, -0.05) is 12.1 Å². The van der Waals surface area contributed by atoms with Gasteiger partial charge in [-0.3, -0.25) is 4.79 Å². The van der Waals surface area contributed by atoms with Gasteiger partial charge in [0.2, 0.25) is 6.10 Å². The fraction of sp³-hybridized carbons (Fsp3) is 0.267. The number of para-hydroxylation sites is 2. The molecule has 1 unspecified atom stereocenters. The Morgan fingerprint density at radius 2 is 2.10 bits per heavy atom. The summed E-state index contributed by atoms with van der Waals surface area (Å²) in [5.74, 6) is 1.23. The number of hydrogen-bond donors (Lipinski definition) is 0. The van der Waals surface area contributed by atoms with Crippen LogP contribution in [0.3, 0.4) is 0 Å². The molecular formula is C15H14BrNO3S. The Bertz CT molecular complexity index is 658. The quantitative estimate of drug-likeness (QED) is 0.835. The summed E-state index contributed by atoms with van der Waals surface area (Å²) in [5.41, 5.74) is 0. The number of rotatable bonds is 3. The molecule has 0 bridgehead atoms. The molecule has 6 heteroatoms. The van der Waals surface area contributed by atoms with E-state index in [4.69, 9.17) is 9.47 Å². The molecule has 0 spiro atoms. The molecule has 4 nitrogen and oxygen atoms in total. The highest BCUT2D eigenvalue weighted by atomic mass is 79.9. The highest BCUT2D eigenvalue weighted by Gasteiger charge is 2.29. The predicted octanol–water partition coefficient (Wildman–Crippen LogP) is 3.31. The summed E-state index contributed by atoms with van der Waals surface area (Å²) in [7, 11) is 1.78. The summed E-state index contributed by atoms with van der Waals surface area (Å²) in [4.78, 5) is 15.2. The molecule has 1 aromatic carbocycles. The van der Waals surface area contributed by atoms with Crippen molar-refractivity contribution in [1.29, 1.82) is 0 Å². The highest BCUT2D eigenvalue weighted by molar-refractivity contribution is 9.11. The highest BCUT2D eigenvalue weighted by Crippen LogP contribution is 2.31. The van der Waals surface area contributed by atoms with Crippen molar-refractivity contribution < 1.29 is 14.3 Å². The molecule has 0 N–H and O–H groups in total. The number of thiophene rings is 1.